The van der Waals surface area contributed by atoms with Crippen LogP contribution >= 0.6 is 0 Å². The third-order valence-corrected chi connectivity index (χ3v) is 6.69. The quantitative estimate of drug-likeness (QED) is 0.527. The van der Waals surface area contributed by atoms with Crippen LogP contribution in [0.25, 0.3) is 11.8 Å². The molecule has 1 amide bonds. The Morgan fingerprint density at radius 2 is 1.97 bits per heavy atom. The maximum atomic E-state index is 13.5. The van der Waals surface area contributed by atoms with Crippen molar-refractivity contribution in [2.24, 2.45) is 0 Å². The number of carbonyl (C=O) groups excluding carboxylic acids is 1. The third kappa shape index (κ3) is 4.01. The first-order valence-corrected chi connectivity index (χ1v) is 11.4. The second kappa shape index (κ2) is 8.77. The molecular weight excluding hydrogens is 414 g/mol. The Kier molecular flexibility index (Phi) is 5.67. The number of amides is 1. The van der Waals surface area contributed by atoms with Gasteiger partial charge in [0.2, 0.25) is 5.91 Å². The van der Waals surface area contributed by atoms with Crippen LogP contribution in [0.4, 0.5) is 0 Å². The summed E-state index contributed by atoms with van der Waals surface area (Å²) in [6.45, 7) is 2.75. The van der Waals surface area contributed by atoms with Crippen LogP contribution in [0.2, 0.25) is 0 Å². The van der Waals surface area contributed by atoms with Crippen LogP contribution in [0.5, 0.6) is 11.5 Å². The molecule has 1 saturated heterocycles. The predicted octanol–water partition coefficient (Wildman–Crippen LogP) is 4.89. The molecule has 1 aliphatic carbocycles. The van der Waals surface area contributed by atoms with E-state index in [1.54, 1.807) is 20.5 Å². The SMILES string of the molecule is COc1ccc2c(c1)C(N1CCC/C(=C\c3ccc(-n4cnc(C)c4)c(OC)c3)C1=O)CC2. The van der Waals surface area contributed by atoms with Crippen molar-refractivity contribution in [1.29, 1.82) is 0 Å². The lowest BCUT2D eigenvalue weighted by Gasteiger charge is -2.34. The van der Waals surface area contributed by atoms with Gasteiger partial charge in [-0.2, -0.15) is 0 Å². The number of hydrogen-bond acceptors (Lipinski definition) is 4. The second-order valence-electron chi connectivity index (χ2n) is 8.74. The van der Waals surface area contributed by atoms with Gasteiger partial charge in [-0.25, -0.2) is 4.98 Å². The number of rotatable bonds is 5. The molecule has 0 bridgehead atoms. The maximum Gasteiger partial charge on any atom is 0.250 e. The van der Waals surface area contributed by atoms with Crippen LogP contribution < -0.4 is 9.47 Å². The number of nitrogens with zero attached hydrogens (tertiary/aromatic N) is 3. The van der Waals surface area contributed by atoms with E-state index >= 15 is 0 Å². The number of benzene rings is 2. The molecule has 2 heterocycles. The number of hydrogen-bond donors (Lipinski definition) is 0. The highest BCUT2D eigenvalue weighted by Crippen LogP contribution is 2.40. The first kappa shape index (κ1) is 21.3. The molecule has 0 radical (unpaired) electrons. The lowest BCUT2D eigenvalue weighted by atomic mass is 9.97. The van der Waals surface area contributed by atoms with Crippen molar-refractivity contribution in [3.63, 3.8) is 0 Å². The molecule has 1 aromatic heterocycles. The highest BCUT2D eigenvalue weighted by atomic mass is 16.5. The Balaban J connectivity index is 1.42. The summed E-state index contributed by atoms with van der Waals surface area (Å²) in [5, 5.41) is 0. The molecule has 3 aromatic rings. The molecule has 1 unspecified atom stereocenters. The van der Waals surface area contributed by atoms with Gasteiger partial charge in [0.05, 0.1) is 38.0 Å². The number of fused-ring (bicyclic) bond motifs is 1. The van der Waals surface area contributed by atoms with E-state index in [4.69, 9.17) is 9.47 Å². The van der Waals surface area contributed by atoms with E-state index < -0.39 is 0 Å². The smallest absolute Gasteiger partial charge is 0.250 e. The van der Waals surface area contributed by atoms with Crippen LogP contribution in [-0.4, -0.2) is 41.1 Å². The van der Waals surface area contributed by atoms with Crippen molar-refractivity contribution in [3.05, 3.63) is 76.9 Å². The van der Waals surface area contributed by atoms with Gasteiger partial charge < -0.3 is 18.9 Å². The fourth-order valence-corrected chi connectivity index (χ4v) is 5.02. The minimum atomic E-state index is 0.118. The first-order valence-electron chi connectivity index (χ1n) is 11.4. The number of carbonyl (C=O) groups is 1. The minimum absolute atomic E-state index is 0.118. The van der Waals surface area contributed by atoms with Crippen LogP contribution in [-0.2, 0) is 11.2 Å². The van der Waals surface area contributed by atoms with Crippen LogP contribution in [0, 0.1) is 6.92 Å². The van der Waals surface area contributed by atoms with Gasteiger partial charge in [0.25, 0.3) is 0 Å². The van der Waals surface area contributed by atoms with Gasteiger partial charge in [-0.1, -0.05) is 12.1 Å². The number of aryl methyl sites for hydroxylation is 2. The van der Waals surface area contributed by atoms with Gasteiger partial charge in [0.1, 0.15) is 11.5 Å². The number of ether oxygens (including phenoxy) is 2. The molecule has 0 spiro atoms. The molecule has 6 heteroatoms. The maximum absolute atomic E-state index is 13.5. The van der Waals surface area contributed by atoms with Crippen molar-refractivity contribution >= 4 is 12.0 Å². The number of methoxy groups -OCH3 is 2. The zero-order valence-corrected chi connectivity index (χ0v) is 19.4. The third-order valence-electron chi connectivity index (χ3n) is 6.69. The van der Waals surface area contributed by atoms with Gasteiger partial charge in [0, 0.05) is 18.3 Å². The number of imidazole rings is 1. The largest absolute Gasteiger partial charge is 0.497 e. The zero-order valence-electron chi connectivity index (χ0n) is 19.4. The monoisotopic (exact) mass is 443 g/mol. The normalized spacial score (nSPS) is 19.1. The van der Waals surface area contributed by atoms with Gasteiger partial charge >= 0.3 is 0 Å². The van der Waals surface area contributed by atoms with Gasteiger partial charge in [0.15, 0.2) is 0 Å². The summed E-state index contributed by atoms with van der Waals surface area (Å²) in [5.41, 5.74) is 6.23. The topological polar surface area (TPSA) is 56.6 Å². The fourth-order valence-electron chi connectivity index (χ4n) is 5.02. The molecule has 1 atom stereocenters. The molecule has 0 N–H and O–H groups in total. The average Bonchev–Trinajstić information content (AvgIpc) is 3.46. The van der Waals surface area contributed by atoms with Crippen molar-refractivity contribution < 1.29 is 14.3 Å². The summed E-state index contributed by atoms with van der Waals surface area (Å²) in [4.78, 5) is 19.9. The molecule has 2 aromatic carbocycles. The molecule has 1 aliphatic heterocycles. The summed E-state index contributed by atoms with van der Waals surface area (Å²) in [7, 11) is 3.35. The Labute approximate surface area is 194 Å². The molecule has 1 fully saturated rings. The molecule has 2 aliphatic rings. The zero-order chi connectivity index (χ0) is 22.9. The number of piperidine rings is 1. The van der Waals surface area contributed by atoms with Crippen LogP contribution in [0.15, 0.2) is 54.5 Å². The standard InChI is InChI=1S/C27H29N3O3/c1-18-16-29(17-28-18)25-10-6-19(14-26(25)33-3)13-21-5-4-12-30(27(21)31)24-11-8-20-7-9-22(32-2)15-23(20)24/h6-7,9-10,13-17,24H,4-5,8,11-12H2,1-3H3/b21-13+. The lowest BCUT2D eigenvalue weighted by molar-refractivity contribution is -0.131. The number of aromatic nitrogens is 2. The first-order chi connectivity index (χ1) is 16.1. The molecule has 0 saturated carbocycles. The minimum Gasteiger partial charge on any atom is -0.497 e. The lowest BCUT2D eigenvalue weighted by Crippen LogP contribution is -2.39. The van der Waals surface area contributed by atoms with E-state index in [2.05, 4.69) is 22.0 Å². The second-order valence-corrected chi connectivity index (χ2v) is 8.74. The Morgan fingerprint density at radius 3 is 2.73 bits per heavy atom. The van der Waals surface area contributed by atoms with E-state index in [0.717, 1.165) is 66.2 Å². The molecular formula is C27H29N3O3. The van der Waals surface area contributed by atoms with Crippen LogP contribution in [0.3, 0.4) is 0 Å². The Bertz CT molecular complexity index is 1230. The Morgan fingerprint density at radius 1 is 1.09 bits per heavy atom. The van der Waals surface area contributed by atoms with E-state index in [-0.39, 0.29) is 11.9 Å². The van der Waals surface area contributed by atoms with Crippen LogP contribution in [0.1, 0.15) is 47.7 Å². The molecule has 170 valence electrons. The highest BCUT2D eigenvalue weighted by molar-refractivity contribution is 5.99. The molecule has 5 rings (SSSR count). The summed E-state index contributed by atoms with van der Waals surface area (Å²) in [6.07, 6.45) is 9.49. The fraction of sp³-hybridized carbons (Fsp3) is 0.333. The van der Waals surface area contributed by atoms with E-state index in [0.29, 0.717) is 0 Å². The van der Waals surface area contributed by atoms with Crippen molar-refractivity contribution in [3.8, 4) is 17.2 Å². The van der Waals surface area contributed by atoms with Gasteiger partial charge in [-0.05, 0) is 79.6 Å². The predicted molar refractivity (Wildman–Crippen MR) is 128 cm³/mol. The van der Waals surface area contributed by atoms with Gasteiger partial charge in [-0.3, -0.25) is 4.79 Å². The summed E-state index contributed by atoms with van der Waals surface area (Å²) < 4.78 is 13.0. The van der Waals surface area contributed by atoms with Crippen molar-refractivity contribution in [1.82, 2.24) is 14.5 Å². The summed E-state index contributed by atoms with van der Waals surface area (Å²) in [6, 6.07) is 12.4. The Hall–Kier alpha value is -3.54. The molecule has 33 heavy (non-hydrogen) atoms. The summed E-state index contributed by atoms with van der Waals surface area (Å²) in [5.74, 6) is 1.73. The summed E-state index contributed by atoms with van der Waals surface area (Å²) >= 11 is 0. The number of likely N-dealkylation sites (tertiary alicyclic amines) is 1. The average molecular weight is 444 g/mol. The van der Waals surface area contributed by atoms with E-state index in [1.807, 2.05) is 48.0 Å². The van der Waals surface area contributed by atoms with E-state index in [9.17, 15) is 4.79 Å². The van der Waals surface area contributed by atoms with Gasteiger partial charge in [-0.15, -0.1) is 0 Å². The molecule has 6 nitrogen and oxygen atoms in total. The van der Waals surface area contributed by atoms with Crippen molar-refractivity contribution in [2.75, 3.05) is 20.8 Å². The van der Waals surface area contributed by atoms with Crippen molar-refractivity contribution in [2.45, 2.75) is 38.6 Å². The van der Waals surface area contributed by atoms with E-state index in [1.165, 1.54) is 11.1 Å². The highest BCUT2D eigenvalue weighted by Gasteiger charge is 2.34.